The van der Waals surface area contributed by atoms with E-state index in [1.165, 1.54) is 0 Å². The van der Waals surface area contributed by atoms with Crippen molar-refractivity contribution in [2.75, 3.05) is 6.26 Å². The predicted molar refractivity (Wildman–Crippen MR) is 74.6 cm³/mol. The van der Waals surface area contributed by atoms with Gasteiger partial charge in [-0.2, -0.15) is 5.26 Å². The summed E-state index contributed by atoms with van der Waals surface area (Å²) in [6.07, 6.45) is 3.81. The molecule has 0 aliphatic carbocycles. The molecule has 0 aromatic heterocycles. The molecule has 0 saturated carbocycles. The molecule has 0 radical (unpaired) electrons. The van der Waals surface area contributed by atoms with Gasteiger partial charge in [0.1, 0.15) is 0 Å². The van der Waals surface area contributed by atoms with Crippen LogP contribution in [0.5, 0.6) is 0 Å². The lowest BCUT2D eigenvalue weighted by Crippen LogP contribution is -1.96. The third-order valence-corrected chi connectivity index (χ3v) is 4.62. The molecule has 90 valence electrons. The third kappa shape index (κ3) is 2.76. The summed E-state index contributed by atoms with van der Waals surface area (Å²) in [4.78, 5) is 0.982. The highest BCUT2D eigenvalue weighted by Gasteiger charge is 2.04. The first-order chi connectivity index (χ1) is 8.74. The number of hydrogen-bond donors (Lipinski definition) is 0. The summed E-state index contributed by atoms with van der Waals surface area (Å²) in [5.41, 5.74) is 0.845. The fraction of sp³-hybridized carbons (Fsp3) is 0.0714. The second-order valence-corrected chi connectivity index (χ2v) is 6.27. The number of benzene rings is 2. The van der Waals surface area contributed by atoms with Crippen LogP contribution in [0, 0.1) is 11.5 Å². The van der Waals surface area contributed by atoms with Crippen LogP contribution >= 0.6 is 0 Å². The van der Waals surface area contributed by atoms with E-state index in [-0.39, 0.29) is 0 Å². The van der Waals surface area contributed by atoms with E-state index in [2.05, 4.69) is 8.73 Å². The van der Waals surface area contributed by atoms with E-state index in [1.807, 2.05) is 73.1 Å². The van der Waals surface area contributed by atoms with E-state index in [4.69, 9.17) is 5.26 Å². The summed E-state index contributed by atoms with van der Waals surface area (Å²) >= 11 is 0. The molecular formula is C14H13N3S. The van der Waals surface area contributed by atoms with Gasteiger partial charge in [-0.25, -0.2) is 4.36 Å². The molecule has 0 spiro atoms. The van der Waals surface area contributed by atoms with Crippen molar-refractivity contribution in [2.45, 2.75) is 4.90 Å². The minimum Gasteiger partial charge on any atom is -0.213 e. The van der Waals surface area contributed by atoms with Gasteiger partial charge in [0.25, 0.3) is 0 Å². The zero-order chi connectivity index (χ0) is 12.8. The Hall–Kier alpha value is -2.12. The topological polar surface area (TPSA) is 48.5 Å². The third-order valence-electron chi connectivity index (χ3n) is 2.45. The van der Waals surface area contributed by atoms with Crippen LogP contribution in [0.4, 0.5) is 5.69 Å². The van der Waals surface area contributed by atoms with Gasteiger partial charge >= 0.3 is 0 Å². The van der Waals surface area contributed by atoms with Crippen molar-refractivity contribution in [3.63, 3.8) is 0 Å². The Kier molecular flexibility index (Phi) is 3.75. The van der Waals surface area contributed by atoms with Gasteiger partial charge in [0.2, 0.25) is 6.19 Å². The van der Waals surface area contributed by atoms with Gasteiger partial charge in [-0.3, -0.25) is 0 Å². The maximum atomic E-state index is 8.89. The van der Waals surface area contributed by atoms with Gasteiger partial charge in [0.05, 0.1) is 5.69 Å². The summed E-state index contributed by atoms with van der Waals surface area (Å²) < 4.78 is 8.69. The van der Waals surface area contributed by atoms with Crippen LogP contribution in [0.15, 0.2) is 74.3 Å². The Labute approximate surface area is 108 Å². The Morgan fingerprint density at radius 2 is 1.50 bits per heavy atom. The minimum absolute atomic E-state index is 0.845. The molecule has 0 aliphatic heterocycles. The zero-order valence-corrected chi connectivity index (χ0v) is 10.8. The molecule has 1 unspecified atom stereocenters. The van der Waals surface area contributed by atoms with Crippen molar-refractivity contribution >= 4 is 15.3 Å². The maximum absolute atomic E-state index is 8.89. The normalized spacial score (nSPS) is 13.1. The molecule has 2 aromatic carbocycles. The average Bonchev–Trinajstić information content (AvgIpc) is 2.41. The first-order valence-electron chi connectivity index (χ1n) is 5.47. The van der Waals surface area contributed by atoms with Gasteiger partial charge < -0.3 is 0 Å². The Morgan fingerprint density at radius 1 is 0.944 bits per heavy atom. The lowest BCUT2D eigenvalue weighted by atomic mass is 10.3. The molecule has 0 N–H and O–H groups in total. The Morgan fingerprint density at radius 3 is 2.06 bits per heavy atom. The van der Waals surface area contributed by atoms with Crippen molar-refractivity contribution in [2.24, 2.45) is 8.73 Å². The summed E-state index contributed by atoms with van der Waals surface area (Å²) in [6, 6.07) is 19.4. The van der Waals surface area contributed by atoms with E-state index < -0.39 is 9.62 Å². The number of nitriles is 1. The molecule has 2 rings (SSSR count). The van der Waals surface area contributed by atoms with Gasteiger partial charge in [0.15, 0.2) is 0 Å². The first-order valence-corrected chi connectivity index (χ1v) is 7.42. The molecule has 0 saturated heterocycles. The van der Waals surface area contributed by atoms with Crippen LogP contribution < -0.4 is 0 Å². The van der Waals surface area contributed by atoms with Crippen LogP contribution in [-0.4, -0.2) is 6.26 Å². The minimum atomic E-state index is -1.83. The molecule has 1 atom stereocenters. The van der Waals surface area contributed by atoms with E-state index in [0.29, 0.717) is 0 Å². The second-order valence-electron chi connectivity index (χ2n) is 3.76. The summed E-state index contributed by atoms with van der Waals surface area (Å²) in [7, 11) is -1.83. The van der Waals surface area contributed by atoms with Crippen LogP contribution in [0.1, 0.15) is 0 Å². The van der Waals surface area contributed by atoms with Crippen molar-refractivity contribution in [1.29, 1.82) is 5.26 Å². The first kappa shape index (κ1) is 12.3. The monoisotopic (exact) mass is 255 g/mol. The van der Waals surface area contributed by atoms with Gasteiger partial charge in [-0.1, -0.05) is 36.4 Å². The van der Waals surface area contributed by atoms with Crippen molar-refractivity contribution in [3.05, 3.63) is 60.7 Å². The Balaban J connectivity index is 2.65. The van der Waals surface area contributed by atoms with E-state index in [1.54, 1.807) is 0 Å². The average molecular weight is 255 g/mol. The largest absolute Gasteiger partial charge is 0.213 e. The maximum Gasteiger partial charge on any atom is 0.213 e. The molecular weight excluding hydrogens is 242 g/mol. The number of nitrogens with zero attached hydrogens (tertiary/aromatic N) is 3. The van der Waals surface area contributed by atoms with Crippen LogP contribution in [0.25, 0.3) is 0 Å². The van der Waals surface area contributed by atoms with Crippen LogP contribution in [-0.2, 0) is 9.62 Å². The quantitative estimate of drug-likeness (QED) is 0.748. The van der Waals surface area contributed by atoms with E-state index in [0.717, 1.165) is 10.6 Å². The lowest BCUT2D eigenvalue weighted by Gasteiger charge is -2.08. The molecule has 0 aliphatic rings. The van der Waals surface area contributed by atoms with E-state index in [9.17, 15) is 0 Å². The van der Waals surface area contributed by atoms with Crippen LogP contribution in [0.3, 0.4) is 0 Å². The second kappa shape index (κ2) is 5.48. The van der Waals surface area contributed by atoms with Crippen molar-refractivity contribution in [1.82, 2.24) is 0 Å². The highest BCUT2D eigenvalue weighted by atomic mass is 32.2. The van der Waals surface area contributed by atoms with Crippen molar-refractivity contribution < 1.29 is 0 Å². The molecule has 0 amide bonds. The highest BCUT2D eigenvalue weighted by Crippen LogP contribution is 2.20. The number of rotatable bonds is 2. The highest BCUT2D eigenvalue weighted by molar-refractivity contribution is 7.95. The number of hydrogen-bond acceptors (Lipinski definition) is 3. The van der Waals surface area contributed by atoms with Gasteiger partial charge in [-0.05, 0) is 33.9 Å². The fourth-order valence-corrected chi connectivity index (χ4v) is 3.19. The standard InChI is InChI=1S/C14H13N3S/c1-18(16-12-15,14-10-6-3-7-11-14)17-13-8-4-2-5-9-13/h2-11H,1H3. The van der Waals surface area contributed by atoms with Gasteiger partial charge in [-0.15, -0.1) is 4.36 Å². The predicted octanol–water partition coefficient (Wildman–Crippen LogP) is 4.01. The molecule has 4 heteroatoms. The zero-order valence-electron chi connectivity index (χ0n) is 10.0. The molecule has 18 heavy (non-hydrogen) atoms. The van der Waals surface area contributed by atoms with Crippen LogP contribution in [0.2, 0.25) is 0 Å². The fourth-order valence-electron chi connectivity index (χ4n) is 1.58. The molecule has 3 nitrogen and oxygen atoms in total. The molecule has 2 aromatic rings. The summed E-state index contributed by atoms with van der Waals surface area (Å²) in [5, 5.41) is 8.89. The van der Waals surface area contributed by atoms with Crippen molar-refractivity contribution in [3.8, 4) is 6.19 Å². The Bertz CT molecular complexity index is 676. The molecule has 0 fully saturated rings. The smallest absolute Gasteiger partial charge is 0.213 e. The lowest BCUT2D eigenvalue weighted by molar-refractivity contribution is 1.39. The summed E-state index contributed by atoms with van der Waals surface area (Å²) in [6.45, 7) is 0. The SMILES string of the molecule is CS(=NC#N)(=Nc1ccccc1)c1ccccc1. The summed E-state index contributed by atoms with van der Waals surface area (Å²) in [5.74, 6) is 0. The molecule has 0 heterocycles. The molecule has 0 bridgehead atoms. The van der Waals surface area contributed by atoms with Gasteiger partial charge in [0, 0.05) is 11.2 Å². The van der Waals surface area contributed by atoms with E-state index >= 15 is 0 Å².